The number of hydrogen-bond donors (Lipinski definition) is 1. The topological polar surface area (TPSA) is 26.0 Å². The molecule has 2 N–H and O–H groups in total. The van der Waals surface area contributed by atoms with Crippen molar-refractivity contribution in [1.82, 2.24) is 0 Å². The van der Waals surface area contributed by atoms with E-state index in [0.29, 0.717) is 12.1 Å². The zero-order valence-electron chi connectivity index (χ0n) is 7.19. The van der Waals surface area contributed by atoms with Crippen molar-refractivity contribution in [2.24, 2.45) is 5.73 Å². The van der Waals surface area contributed by atoms with Crippen LogP contribution in [0.1, 0.15) is 18.4 Å². The Bertz CT molecular complexity index is 332. The fraction of sp³-hybridized carbons (Fsp3) is 0.400. The lowest BCUT2D eigenvalue weighted by molar-refractivity contribution is 0.549. The van der Waals surface area contributed by atoms with Crippen LogP contribution in [0.25, 0.3) is 0 Å². The van der Waals surface area contributed by atoms with Crippen LogP contribution in [0.15, 0.2) is 18.2 Å². The Balaban J connectivity index is 2.41. The van der Waals surface area contributed by atoms with Gasteiger partial charge in [0, 0.05) is 18.0 Å². The van der Waals surface area contributed by atoms with Crippen molar-refractivity contribution in [2.45, 2.75) is 18.3 Å². The monoisotopic (exact) mass is 183 g/mol. The average molecular weight is 183 g/mol. The van der Waals surface area contributed by atoms with E-state index in [1.54, 1.807) is 0 Å². The molecular formula is C10H11F2N. The highest BCUT2D eigenvalue weighted by atomic mass is 19.1. The molecule has 1 nitrogen and oxygen atoms in total. The maximum absolute atomic E-state index is 13.3. The smallest absolute Gasteiger partial charge is 0.129 e. The van der Waals surface area contributed by atoms with E-state index < -0.39 is 11.6 Å². The van der Waals surface area contributed by atoms with Crippen LogP contribution in [-0.4, -0.2) is 6.54 Å². The van der Waals surface area contributed by atoms with Crippen molar-refractivity contribution in [3.63, 3.8) is 0 Å². The Kier molecular flexibility index (Phi) is 1.84. The molecule has 1 aliphatic rings. The minimum absolute atomic E-state index is 0.197. The molecule has 3 heteroatoms. The van der Waals surface area contributed by atoms with E-state index in [2.05, 4.69) is 0 Å². The van der Waals surface area contributed by atoms with Crippen molar-refractivity contribution in [1.29, 1.82) is 0 Å². The quantitative estimate of drug-likeness (QED) is 0.745. The van der Waals surface area contributed by atoms with Crippen LogP contribution >= 0.6 is 0 Å². The Morgan fingerprint density at radius 1 is 1.31 bits per heavy atom. The second kappa shape index (κ2) is 2.77. The zero-order valence-corrected chi connectivity index (χ0v) is 7.19. The van der Waals surface area contributed by atoms with Crippen LogP contribution in [0.5, 0.6) is 0 Å². The summed E-state index contributed by atoms with van der Waals surface area (Å²) in [6.45, 7) is 0.440. The van der Waals surface area contributed by atoms with Gasteiger partial charge in [0.1, 0.15) is 11.6 Å². The van der Waals surface area contributed by atoms with Crippen LogP contribution in [0.4, 0.5) is 8.78 Å². The maximum Gasteiger partial charge on any atom is 0.129 e. The van der Waals surface area contributed by atoms with Crippen molar-refractivity contribution in [3.8, 4) is 0 Å². The van der Waals surface area contributed by atoms with E-state index in [1.807, 2.05) is 0 Å². The first-order valence-electron chi connectivity index (χ1n) is 4.33. The average Bonchev–Trinajstić information content (AvgIpc) is 2.85. The summed E-state index contributed by atoms with van der Waals surface area (Å²) in [5.41, 5.74) is 5.92. The summed E-state index contributed by atoms with van der Waals surface area (Å²) < 4.78 is 25.9. The van der Waals surface area contributed by atoms with Crippen LogP contribution in [0, 0.1) is 11.6 Å². The van der Waals surface area contributed by atoms with Crippen LogP contribution < -0.4 is 5.73 Å². The Labute approximate surface area is 75.6 Å². The molecule has 1 aliphatic carbocycles. The lowest BCUT2D eigenvalue weighted by Gasteiger charge is -2.13. The molecule has 1 aromatic rings. The van der Waals surface area contributed by atoms with Gasteiger partial charge in [-0.1, -0.05) is 6.07 Å². The zero-order chi connectivity index (χ0) is 9.47. The third-order valence-corrected chi connectivity index (χ3v) is 2.75. The third kappa shape index (κ3) is 1.33. The first kappa shape index (κ1) is 8.63. The molecule has 0 bridgehead atoms. The molecule has 0 heterocycles. The molecule has 2 rings (SSSR count). The van der Waals surface area contributed by atoms with Gasteiger partial charge in [0.05, 0.1) is 0 Å². The summed E-state index contributed by atoms with van der Waals surface area (Å²) in [5, 5.41) is 0. The molecule has 0 saturated heterocycles. The van der Waals surface area contributed by atoms with Crippen molar-refractivity contribution in [2.75, 3.05) is 6.54 Å². The van der Waals surface area contributed by atoms with Crippen molar-refractivity contribution < 1.29 is 8.78 Å². The van der Waals surface area contributed by atoms with Gasteiger partial charge in [-0.05, 0) is 24.5 Å². The van der Waals surface area contributed by atoms with Gasteiger partial charge in [0.2, 0.25) is 0 Å². The first-order valence-corrected chi connectivity index (χ1v) is 4.33. The summed E-state index contributed by atoms with van der Waals surface area (Å²) in [6.07, 6.45) is 1.82. The fourth-order valence-electron chi connectivity index (χ4n) is 1.65. The highest BCUT2D eigenvalue weighted by Gasteiger charge is 2.44. The van der Waals surface area contributed by atoms with Crippen LogP contribution in [0.3, 0.4) is 0 Å². The van der Waals surface area contributed by atoms with E-state index in [9.17, 15) is 8.78 Å². The molecule has 1 aromatic carbocycles. The molecule has 1 saturated carbocycles. The van der Waals surface area contributed by atoms with E-state index in [0.717, 1.165) is 18.9 Å². The normalized spacial score (nSPS) is 18.7. The number of hydrogen-bond acceptors (Lipinski definition) is 1. The molecule has 0 amide bonds. The maximum atomic E-state index is 13.3. The predicted molar refractivity (Wildman–Crippen MR) is 46.3 cm³/mol. The van der Waals surface area contributed by atoms with Gasteiger partial charge in [-0.3, -0.25) is 0 Å². The molecule has 0 radical (unpaired) electrons. The largest absolute Gasteiger partial charge is 0.330 e. The third-order valence-electron chi connectivity index (χ3n) is 2.75. The number of benzene rings is 1. The molecule has 1 fully saturated rings. The molecular weight excluding hydrogens is 172 g/mol. The number of rotatable bonds is 2. The minimum atomic E-state index is -0.533. The second-order valence-corrected chi connectivity index (χ2v) is 3.61. The highest BCUT2D eigenvalue weighted by molar-refractivity contribution is 5.33. The SMILES string of the molecule is NCC1(c2ccc(F)cc2F)CC1. The van der Waals surface area contributed by atoms with E-state index >= 15 is 0 Å². The Hall–Kier alpha value is -0.960. The van der Waals surface area contributed by atoms with E-state index in [-0.39, 0.29) is 5.41 Å². The molecule has 0 aromatic heterocycles. The van der Waals surface area contributed by atoms with Gasteiger partial charge in [-0.2, -0.15) is 0 Å². The molecule has 0 unspecified atom stereocenters. The number of nitrogens with two attached hydrogens (primary N) is 1. The standard InChI is InChI=1S/C10H11F2N/c11-7-1-2-8(9(12)5-7)10(6-13)3-4-10/h1-2,5H,3-4,6,13H2. The van der Waals surface area contributed by atoms with Gasteiger partial charge in [-0.25, -0.2) is 8.78 Å². The van der Waals surface area contributed by atoms with Gasteiger partial charge >= 0.3 is 0 Å². The molecule has 13 heavy (non-hydrogen) atoms. The molecule has 0 spiro atoms. The predicted octanol–water partition coefficient (Wildman–Crippen LogP) is 1.96. The number of halogens is 2. The summed E-state index contributed by atoms with van der Waals surface area (Å²) >= 11 is 0. The van der Waals surface area contributed by atoms with Crippen molar-refractivity contribution in [3.05, 3.63) is 35.4 Å². The summed E-state index contributed by atoms with van der Waals surface area (Å²) in [7, 11) is 0. The minimum Gasteiger partial charge on any atom is -0.330 e. The van der Waals surface area contributed by atoms with Gasteiger partial charge in [0.15, 0.2) is 0 Å². The molecule has 0 aliphatic heterocycles. The molecule has 0 atom stereocenters. The molecule has 70 valence electrons. The van der Waals surface area contributed by atoms with Gasteiger partial charge in [-0.15, -0.1) is 0 Å². The second-order valence-electron chi connectivity index (χ2n) is 3.61. The Morgan fingerprint density at radius 3 is 2.46 bits per heavy atom. The first-order chi connectivity index (χ1) is 6.18. The fourth-order valence-corrected chi connectivity index (χ4v) is 1.65. The van der Waals surface area contributed by atoms with Crippen molar-refractivity contribution >= 4 is 0 Å². The summed E-state index contributed by atoms with van der Waals surface area (Å²) in [6, 6.07) is 3.71. The summed E-state index contributed by atoms with van der Waals surface area (Å²) in [4.78, 5) is 0. The van der Waals surface area contributed by atoms with Crippen LogP contribution in [-0.2, 0) is 5.41 Å². The lowest BCUT2D eigenvalue weighted by atomic mass is 9.96. The van der Waals surface area contributed by atoms with Gasteiger partial charge in [0.25, 0.3) is 0 Å². The Morgan fingerprint density at radius 2 is 2.00 bits per heavy atom. The summed E-state index contributed by atoms with van der Waals surface area (Å²) in [5.74, 6) is -1.00. The van der Waals surface area contributed by atoms with Crippen LogP contribution in [0.2, 0.25) is 0 Å². The highest BCUT2D eigenvalue weighted by Crippen LogP contribution is 2.48. The van der Waals surface area contributed by atoms with E-state index in [4.69, 9.17) is 5.73 Å². The van der Waals surface area contributed by atoms with Gasteiger partial charge < -0.3 is 5.73 Å². The lowest BCUT2D eigenvalue weighted by Crippen LogP contribution is -2.21. The van der Waals surface area contributed by atoms with E-state index in [1.165, 1.54) is 12.1 Å².